The molecule has 1 aliphatic rings. The minimum Gasteiger partial charge on any atom is -0.349 e. The average molecular weight is 326 g/mol. The first kappa shape index (κ1) is 13.3. The molecule has 18 heavy (non-hydrogen) atoms. The van der Waals surface area contributed by atoms with Gasteiger partial charge in [-0.2, -0.15) is 0 Å². The third kappa shape index (κ3) is 2.50. The summed E-state index contributed by atoms with van der Waals surface area (Å²) in [5.41, 5.74) is -0.764. The number of rotatable bonds is 2. The molecule has 0 bridgehead atoms. The summed E-state index contributed by atoms with van der Waals surface area (Å²) in [7, 11) is 0. The van der Waals surface area contributed by atoms with Crippen molar-refractivity contribution in [3.8, 4) is 0 Å². The molecule has 1 aromatic carbocycles. The van der Waals surface area contributed by atoms with Crippen molar-refractivity contribution in [2.24, 2.45) is 0 Å². The van der Waals surface area contributed by atoms with Gasteiger partial charge in [0.15, 0.2) is 5.82 Å². The second-order valence-corrected chi connectivity index (χ2v) is 5.01. The molecule has 1 aliphatic carbocycles. The van der Waals surface area contributed by atoms with Crippen LogP contribution in [-0.2, 0) is 0 Å². The van der Waals surface area contributed by atoms with E-state index in [-0.39, 0.29) is 4.47 Å². The highest BCUT2D eigenvalue weighted by Gasteiger charge is 2.46. The Balaban J connectivity index is 2.13. The Morgan fingerprint density at radius 2 is 1.94 bits per heavy atom. The van der Waals surface area contributed by atoms with E-state index in [9.17, 15) is 22.4 Å². The summed E-state index contributed by atoms with van der Waals surface area (Å²) < 4.78 is 51.9. The molecule has 1 fully saturated rings. The number of alkyl halides is 2. The first-order chi connectivity index (χ1) is 8.30. The van der Waals surface area contributed by atoms with Crippen molar-refractivity contribution in [2.75, 3.05) is 0 Å². The lowest BCUT2D eigenvalue weighted by molar-refractivity contribution is -0.0901. The highest BCUT2D eigenvalue weighted by atomic mass is 79.9. The molecule has 1 aromatic rings. The van der Waals surface area contributed by atoms with E-state index in [2.05, 4.69) is 21.2 Å². The molecule has 98 valence electrons. The minimum atomic E-state index is -2.80. The standard InChI is InChI=1S/C11H8BrF4NO/c12-6-1-2-7(13)8(9(6)14)10(18)17-5-3-11(15,16)4-5/h1-2,5H,3-4H2,(H,17,18). The van der Waals surface area contributed by atoms with Gasteiger partial charge in [-0.25, -0.2) is 17.6 Å². The number of hydrogen-bond acceptors (Lipinski definition) is 1. The predicted molar refractivity (Wildman–Crippen MR) is 59.5 cm³/mol. The van der Waals surface area contributed by atoms with Crippen LogP contribution >= 0.6 is 15.9 Å². The van der Waals surface area contributed by atoms with Gasteiger partial charge in [0.1, 0.15) is 11.4 Å². The molecule has 0 aliphatic heterocycles. The molecule has 2 rings (SSSR count). The van der Waals surface area contributed by atoms with Crippen LogP contribution in [-0.4, -0.2) is 17.9 Å². The number of benzene rings is 1. The number of carbonyl (C=O) groups is 1. The average Bonchev–Trinajstić information content (AvgIpc) is 2.21. The van der Waals surface area contributed by atoms with Gasteiger partial charge < -0.3 is 5.32 Å². The maximum absolute atomic E-state index is 13.5. The summed E-state index contributed by atoms with van der Waals surface area (Å²) in [5.74, 6) is -5.89. The fourth-order valence-electron chi connectivity index (χ4n) is 1.76. The SMILES string of the molecule is O=C(NC1CC(F)(F)C1)c1c(F)ccc(Br)c1F. The van der Waals surface area contributed by atoms with E-state index in [0.717, 1.165) is 12.1 Å². The van der Waals surface area contributed by atoms with Crippen LogP contribution in [0.5, 0.6) is 0 Å². The summed E-state index contributed by atoms with van der Waals surface area (Å²) in [5, 5.41) is 2.18. The van der Waals surface area contributed by atoms with Crippen LogP contribution in [0, 0.1) is 11.6 Å². The summed E-state index contributed by atoms with van der Waals surface area (Å²) in [6.07, 6.45) is -1.01. The summed E-state index contributed by atoms with van der Waals surface area (Å²) in [6.45, 7) is 0. The van der Waals surface area contributed by atoms with E-state index in [1.54, 1.807) is 0 Å². The molecule has 1 N–H and O–H groups in total. The smallest absolute Gasteiger partial charge is 0.257 e. The Bertz CT molecular complexity index is 498. The van der Waals surface area contributed by atoms with Gasteiger partial charge in [0, 0.05) is 18.9 Å². The van der Waals surface area contributed by atoms with Crippen LogP contribution in [0.25, 0.3) is 0 Å². The van der Waals surface area contributed by atoms with E-state index in [0.29, 0.717) is 0 Å². The van der Waals surface area contributed by atoms with Gasteiger partial charge in [-0.1, -0.05) is 0 Å². The fourth-order valence-corrected chi connectivity index (χ4v) is 2.09. The number of carbonyl (C=O) groups excluding carboxylic acids is 1. The summed E-state index contributed by atoms with van der Waals surface area (Å²) in [4.78, 5) is 11.6. The Labute approximate surface area is 108 Å². The Morgan fingerprint density at radius 1 is 1.33 bits per heavy atom. The van der Waals surface area contributed by atoms with Gasteiger partial charge in [0.25, 0.3) is 11.8 Å². The van der Waals surface area contributed by atoms with Crippen LogP contribution in [0.15, 0.2) is 16.6 Å². The molecule has 2 nitrogen and oxygen atoms in total. The van der Waals surface area contributed by atoms with Crippen molar-refractivity contribution >= 4 is 21.8 Å². The zero-order valence-electron chi connectivity index (χ0n) is 8.94. The Hall–Kier alpha value is -1.11. The van der Waals surface area contributed by atoms with Crippen molar-refractivity contribution in [3.05, 3.63) is 33.8 Å². The highest BCUT2D eigenvalue weighted by Crippen LogP contribution is 2.37. The van der Waals surface area contributed by atoms with Gasteiger partial charge in [-0.15, -0.1) is 0 Å². The van der Waals surface area contributed by atoms with Crippen molar-refractivity contribution < 1.29 is 22.4 Å². The van der Waals surface area contributed by atoms with Crippen LogP contribution in [0.2, 0.25) is 0 Å². The lowest BCUT2D eigenvalue weighted by Crippen LogP contribution is -2.50. The van der Waals surface area contributed by atoms with E-state index < -0.39 is 47.9 Å². The number of amides is 1. The number of hydrogen-bond donors (Lipinski definition) is 1. The lowest BCUT2D eigenvalue weighted by atomic mass is 9.88. The second-order valence-electron chi connectivity index (χ2n) is 4.15. The van der Waals surface area contributed by atoms with Crippen LogP contribution in [0.1, 0.15) is 23.2 Å². The predicted octanol–water partition coefficient (Wildman–Crippen LogP) is 3.25. The molecule has 0 unspecified atom stereocenters. The van der Waals surface area contributed by atoms with Crippen molar-refractivity contribution in [1.29, 1.82) is 0 Å². The third-order valence-corrected chi connectivity index (χ3v) is 3.31. The van der Waals surface area contributed by atoms with E-state index in [1.165, 1.54) is 0 Å². The van der Waals surface area contributed by atoms with Crippen molar-refractivity contribution in [2.45, 2.75) is 24.8 Å². The third-order valence-electron chi connectivity index (χ3n) is 2.70. The van der Waals surface area contributed by atoms with E-state index in [1.807, 2.05) is 0 Å². The summed E-state index contributed by atoms with van der Waals surface area (Å²) in [6, 6.07) is 1.31. The van der Waals surface area contributed by atoms with Gasteiger partial charge in [0.05, 0.1) is 4.47 Å². The molecule has 1 saturated carbocycles. The van der Waals surface area contributed by atoms with Crippen LogP contribution in [0.3, 0.4) is 0 Å². The van der Waals surface area contributed by atoms with E-state index in [4.69, 9.17) is 0 Å². The molecule has 7 heteroatoms. The van der Waals surface area contributed by atoms with E-state index >= 15 is 0 Å². The van der Waals surface area contributed by atoms with Crippen LogP contribution < -0.4 is 5.32 Å². The first-order valence-electron chi connectivity index (χ1n) is 5.12. The maximum atomic E-state index is 13.5. The Kier molecular flexibility index (Phi) is 3.35. The molecule has 1 amide bonds. The molecule has 0 aromatic heterocycles. The highest BCUT2D eigenvalue weighted by molar-refractivity contribution is 9.10. The maximum Gasteiger partial charge on any atom is 0.257 e. The first-order valence-corrected chi connectivity index (χ1v) is 5.91. The van der Waals surface area contributed by atoms with Crippen molar-refractivity contribution in [3.63, 3.8) is 0 Å². The molecule has 0 heterocycles. The van der Waals surface area contributed by atoms with Crippen molar-refractivity contribution in [1.82, 2.24) is 5.32 Å². The largest absolute Gasteiger partial charge is 0.349 e. The minimum absolute atomic E-state index is 0.0620. The van der Waals surface area contributed by atoms with Gasteiger partial charge in [-0.05, 0) is 28.1 Å². The number of halogens is 5. The molecule has 0 atom stereocenters. The normalized spacial score (nSPS) is 18.3. The molecule has 0 spiro atoms. The zero-order chi connectivity index (χ0) is 13.5. The lowest BCUT2D eigenvalue weighted by Gasteiger charge is -2.35. The van der Waals surface area contributed by atoms with Gasteiger partial charge in [0.2, 0.25) is 0 Å². The molecule has 0 saturated heterocycles. The van der Waals surface area contributed by atoms with Crippen LogP contribution in [0.4, 0.5) is 17.6 Å². The molecule has 0 radical (unpaired) electrons. The summed E-state index contributed by atoms with van der Waals surface area (Å²) >= 11 is 2.82. The van der Waals surface area contributed by atoms with Gasteiger partial charge in [-0.3, -0.25) is 4.79 Å². The fraction of sp³-hybridized carbons (Fsp3) is 0.364. The Morgan fingerprint density at radius 3 is 2.50 bits per heavy atom. The molecular weight excluding hydrogens is 318 g/mol. The quantitative estimate of drug-likeness (QED) is 0.656. The topological polar surface area (TPSA) is 29.1 Å². The monoisotopic (exact) mass is 325 g/mol. The van der Waals surface area contributed by atoms with Gasteiger partial charge >= 0.3 is 0 Å². The zero-order valence-corrected chi connectivity index (χ0v) is 10.5. The molecular formula is C11H8BrF4NO. The second kappa shape index (κ2) is 4.53. The number of nitrogens with one attached hydrogen (secondary N) is 1.